The first-order valence-corrected chi connectivity index (χ1v) is 5.85. The number of H-pyrrole nitrogens is 1. The van der Waals surface area contributed by atoms with Crippen molar-refractivity contribution in [3.63, 3.8) is 0 Å². The quantitative estimate of drug-likeness (QED) is 0.565. The van der Waals surface area contributed by atoms with Gasteiger partial charge in [-0.05, 0) is 26.8 Å². The number of anilines is 1. The molecule has 17 heavy (non-hydrogen) atoms. The molecule has 0 amide bonds. The molecule has 0 aliphatic rings. The van der Waals surface area contributed by atoms with Crippen LogP contribution in [-0.2, 0) is 9.47 Å². The molecular formula is C12H20N2O3. The Morgan fingerprint density at radius 2 is 2.29 bits per heavy atom. The van der Waals surface area contributed by atoms with Gasteiger partial charge in [0.25, 0.3) is 0 Å². The first-order chi connectivity index (χ1) is 8.15. The second kappa shape index (κ2) is 6.96. The van der Waals surface area contributed by atoms with Crippen molar-refractivity contribution < 1.29 is 14.3 Å². The maximum atomic E-state index is 11.5. The van der Waals surface area contributed by atoms with E-state index in [1.54, 1.807) is 13.1 Å². The van der Waals surface area contributed by atoms with Gasteiger partial charge >= 0.3 is 5.97 Å². The summed E-state index contributed by atoms with van der Waals surface area (Å²) in [5.41, 5.74) is 1.20. The van der Waals surface area contributed by atoms with Gasteiger partial charge in [0.1, 0.15) is 5.69 Å². The molecule has 1 rings (SSSR count). The number of aromatic amines is 1. The number of carbonyl (C=O) groups excluding carboxylic acids is 1. The van der Waals surface area contributed by atoms with E-state index in [1.807, 2.05) is 19.9 Å². The van der Waals surface area contributed by atoms with Crippen molar-refractivity contribution >= 4 is 11.7 Å². The molecular weight excluding hydrogens is 220 g/mol. The summed E-state index contributed by atoms with van der Waals surface area (Å²) < 4.78 is 10.3. The fraction of sp³-hybridized carbons (Fsp3) is 0.583. The molecule has 5 nitrogen and oxygen atoms in total. The molecule has 0 aliphatic heterocycles. The highest BCUT2D eigenvalue weighted by Crippen LogP contribution is 2.14. The van der Waals surface area contributed by atoms with Crippen molar-refractivity contribution in [2.24, 2.45) is 0 Å². The molecule has 96 valence electrons. The van der Waals surface area contributed by atoms with Crippen LogP contribution < -0.4 is 5.32 Å². The highest BCUT2D eigenvalue weighted by atomic mass is 16.5. The predicted octanol–water partition coefficient (Wildman–Crippen LogP) is 2.03. The molecule has 0 unspecified atom stereocenters. The number of aromatic nitrogens is 1. The van der Waals surface area contributed by atoms with Gasteiger partial charge in [-0.1, -0.05) is 0 Å². The number of hydrogen-bond donors (Lipinski definition) is 2. The number of carbonyl (C=O) groups is 1. The van der Waals surface area contributed by atoms with Crippen molar-refractivity contribution in [1.29, 1.82) is 0 Å². The van der Waals surface area contributed by atoms with Gasteiger partial charge in [-0.25, -0.2) is 4.79 Å². The Balaban J connectivity index is 2.43. The summed E-state index contributed by atoms with van der Waals surface area (Å²) in [4.78, 5) is 14.4. The maximum absolute atomic E-state index is 11.5. The fourth-order valence-corrected chi connectivity index (χ4v) is 1.37. The van der Waals surface area contributed by atoms with Crippen LogP contribution >= 0.6 is 0 Å². The Morgan fingerprint density at radius 1 is 1.53 bits per heavy atom. The largest absolute Gasteiger partial charge is 0.461 e. The van der Waals surface area contributed by atoms with Gasteiger partial charge in [0.15, 0.2) is 0 Å². The minimum absolute atomic E-state index is 0.215. The molecule has 5 heteroatoms. The molecule has 0 bridgehead atoms. The summed E-state index contributed by atoms with van der Waals surface area (Å²) in [6.07, 6.45) is 1.92. The first kappa shape index (κ1) is 13.6. The van der Waals surface area contributed by atoms with E-state index in [0.29, 0.717) is 25.5 Å². The lowest BCUT2D eigenvalue weighted by atomic mass is 10.3. The van der Waals surface area contributed by atoms with Gasteiger partial charge in [-0.15, -0.1) is 0 Å². The lowest BCUT2D eigenvalue weighted by Crippen LogP contribution is -2.15. The summed E-state index contributed by atoms with van der Waals surface area (Å²) in [5, 5.41) is 3.13. The smallest absolute Gasteiger partial charge is 0.356 e. The second-order valence-electron chi connectivity index (χ2n) is 3.83. The number of nitrogens with one attached hydrogen (secondary N) is 2. The molecule has 0 aromatic carbocycles. The van der Waals surface area contributed by atoms with Gasteiger partial charge in [-0.3, -0.25) is 0 Å². The Kier molecular flexibility index (Phi) is 5.56. The lowest BCUT2D eigenvalue weighted by molar-refractivity contribution is 0.0521. The van der Waals surface area contributed by atoms with Crippen LogP contribution in [0.3, 0.4) is 0 Å². The standard InChI is InChI=1S/C12H20N2O3/c1-4-16-12(15)11-10(5-6-14-11)13-7-8-17-9(2)3/h5-6,9,13-14H,4,7-8H2,1-3H3. The van der Waals surface area contributed by atoms with Crippen LogP contribution in [0.1, 0.15) is 31.3 Å². The summed E-state index contributed by atoms with van der Waals surface area (Å²) in [5.74, 6) is -0.343. The molecule has 0 radical (unpaired) electrons. The van der Waals surface area contributed by atoms with E-state index in [4.69, 9.17) is 9.47 Å². The molecule has 0 saturated heterocycles. The fourth-order valence-electron chi connectivity index (χ4n) is 1.37. The van der Waals surface area contributed by atoms with E-state index in [2.05, 4.69) is 10.3 Å². The van der Waals surface area contributed by atoms with Crippen molar-refractivity contribution in [2.75, 3.05) is 25.1 Å². The zero-order valence-electron chi connectivity index (χ0n) is 10.6. The number of esters is 1. The van der Waals surface area contributed by atoms with Crippen LogP contribution in [0.5, 0.6) is 0 Å². The van der Waals surface area contributed by atoms with Crippen molar-refractivity contribution in [2.45, 2.75) is 26.9 Å². The van der Waals surface area contributed by atoms with Crippen LogP contribution in [0.2, 0.25) is 0 Å². The molecule has 0 saturated carbocycles. The van der Waals surface area contributed by atoms with Gasteiger partial charge in [0.05, 0.1) is 25.0 Å². The van der Waals surface area contributed by atoms with E-state index < -0.39 is 0 Å². The molecule has 1 aromatic heterocycles. The molecule has 1 aromatic rings. The zero-order valence-corrected chi connectivity index (χ0v) is 10.6. The summed E-state index contributed by atoms with van der Waals surface area (Å²) >= 11 is 0. The Morgan fingerprint density at radius 3 is 2.94 bits per heavy atom. The van der Waals surface area contributed by atoms with Crippen LogP contribution in [0.25, 0.3) is 0 Å². The van der Waals surface area contributed by atoms with E-state index in [-0.39, 0.29) is 12.1 Å². The van der Waals surface area contributed by atoms with Gasteiger partial charge in [-0.2, -0.15) is 0 Å². The molecule has 0 spiro atoms. The van der Waals surface area contributed by atoms with Crippen LogP contribution in [0.4, 0.5) is 5.69 Å². The Bertz CT molecular complexity index is 347. The Hall–Kier alpha value is -1.49. The summed E-state index contributed by atoms with van der Waals surface area (Å²) in [6.45, 7) is 7.38. The molecule has 0 fully saturated rings. The minimum atomic E-state index is -0.343. The minimum Gasteiger partial charge on any atom is -0.461 e. The third-order valence-corrected chi connectivity index (χ3v) is 2.10. The number of hydrogen-bond acceptors (Lipinski definition) is 4. The molecule has 0 aliphatic carbocycles. The number of ether oxygens (including phenoxy) is 2. The average molecular weight is 240 g/mol. The first-order valence-electron chi connectivity index (χ1n) is 5.85. The van der Waals surface area contributed by atoms with E-state index in [0.717, 1.165) is 5.69 Å². The summed E-state index contributed by atoms with van der Waals surface area (Å²) in [7, 11) is 0. The van der Waals surface area contributed by atoms with Crippen molar-refractivity contribution in [1.82, 2.24) is 4.98 Å². The highest BCUT2D eigenvalue weighted by molar-refractivity contribution is 5.93. The van der Waals surface area contributed by atoms with Gasteiger partial charge in [0, 0.05) is 12.7 Å². The van der Waals surface area contributed by atoms with Crippen molar-refractivity contribution in [3.05, 3.63) is 18.0 Å². The molecule has 1 heterocycles. The third kappa shape index (κ3) is 4.48. The topological polar surface area (TPSA) is 63.4 Å². The van der Waals surface area contributed by atoms with Crippen LogP contribution in [-0.4, -0.2) is 36.8 Å². The second-order valence-corrected chi connectivity index (χ2v) is 3.83. The summed E-state index contributed by atoms with van der Waals surface area (Å²) in [6, 6.07) is 1.81. The molecule has 0 atom stereocenters. The Labute approximate surface area is 101 Å². The highest BCUT2D eigenvalue weighted by Gasteiger charge is 2.13. The van der Waals surface area contributed by atoms with E-state index >= 15 is 0 Å². The van der Waals surface area contributed by atoms with E-state index in [1.165, 1.54) is 0 Å². The van der Waals surface area contributed by atoms with Crippen molar-refractivity contribution in [3.8, 4) is 0 Å². The third-order valence-electron chi connectivity index (χ3n) is 2.10. The van der Waals surface area contributed by atoms with Crippen LogP contribution in [0.15, 0.2) is 12.3 Å². The zero-order chi connectivity index (χ0) is 12.7. The van der Waals surface area contributed by atoms with Crippen LogP contribution in [0, 0.1) is 0 Å². The normalized spacial score (nSPS) is 10.6. The lowest BCUT2D eigenvalue weighted by Gasteiger charge is -2.09. The average Bonchev–Trinajstić information content (AvgIpc) is 2.72. The maximum Gasteiger partial charge on any atom is 0.356 e. The monoisotopic (exact) mass is 240 g/mol. The van der Waals surface area contributed by atoms with Gasteiger partial charge < -0.3 is 19.8 Å². The molecule has 2 N–H and O–H groups in total. The number of rotatable bonds is 7. The predicted molar refractivity (Wildman–Crippen MR) is 66.3 cm³/mol. The van der Waals surface area contributed by atoms with E-state index in [9.17, 15) is 4.79 Å². The van der Waals surface area contributed by atoms with Gasteiger partial charge in [0.2, 0.25) is 0 Å². The SMILES string of the molecule is CCOC(=O)c1[nH]ccc1NCCOC(C)C.